The molecule has 0 radical (unpaired) electrons. The Labute approximate surface area is 137 Å². The highest BCUT2D eigenvalue weighted by molar-refractivity contribution is 7.12. The first kappa shape index (κ1) is 15.4. The molecule has 0 saturated carbocycles. The van der Waals surface area contributed by atoms with Gasteiger partial charge in [-0.15, -0.1) is 11.3 Å². The molecule has 0 aliphatic heterocycles. The molecule has 6 heteroatoms. The zero-order valence-electron chi connectivity index (χ0n) is 12.7. The summed E-state index contributed by atoms with van der Waals surface area (Å²) < 4.78 is 0. The van der Waals surface area contributed by atoms with Crippen LogP contribution < -0.4 is 5.32 Å². The average molecular weight is 327 g/mol. The van der Waals surface area contributed by atoms with Crippen LogP contribution in [-0.4, -0.2) is 21.7 Å². The van der Waals surface area contributed by atoms with E-state index in [9.17, 15) is 9.59 Å². The molecule has 118 valence electrons. The molecular weight excluding hydrogens is 310 g/mol. The number of fused-ring (bicyclic) bond motifs is 1. The van der Waals surface area contributed by atoms with Crippen molar-refractivity contribution in [1.82, 2.24) is 15.3 Å². The van der Waals surface area contributed by atoms with Crippen LogP contribution in [0, 0.1) is 0 Å². The maximum absolute atomic E-state index is 12.0. The maximum atomic E-state index is 12.0. The molecule has 3 aromatic rings. The first-order valence-corrected chi connectivity index (χ1v) is 8.32. The molecule has 0 spiro atoms. The SMILES string of the molecule is C[C@@H](NC(=O)CCC(=O)c1cccs1)c1nc2ccccc2[nH]1. The lowest BCUT2D eigenvalue weighted by atomic mass is 10.2. The molecule has 0 aliphatic carbocycles. The van der Waals surface area contributed by atoms with Crippen molar-refractivity contribution in [3.8, 4) is 0 Å². The first-order chi connectivity index (χ1) is 11.1. The van der Waals surface area contributed by atoms with Gasteiger partial charge in [-0.3, -0.25) is 9.59 Å². The fourth-order valence-corrected chi connectivity index (χ4v) is 3.04. The first-order valence-electron chi connectivity index (χ1n) is 7.44. The van der Waals surface area contributed by atoms with Crippen LogP contribution in [0.25, 0.3) is 11.0 Å². The van der Waals surface area contributed by atoms with Crippen LogP contribution in [0.2, 0.25) is 0 Å². The summed E-state index contributed by atoms with van der Waals surface area (Å²) in [6.07, 6.45) is 0.403. The van der Waals surface area contributed by atoms with Crippen LogP contribution in [0.5, 0.6) is 0 Å². The van der Waals surface area contributed by atoms with Gasteiger partial charge in [-0.2, -0.15) is 0 Å². The van der Waals surface area contributed by atoms with E-state index >= 15 is 0 Å². The lowest BCUT2D eigenvalue weighted by Gasteiger charge is -2.11. The van der Waals surface area contributed by atoms with Crippen molar-refractivity contribution in [2.24, 2.45) is 0 Å². The predicted molar refractivity (Wildman–Crippen MR) is 90.5 cm³/mol. The number of carbonyl (C=O) groups excluding carboxylic acids is 2. The number of thiophene rings is 1. The number of imidazole rings is 1. The Morgan fingerprint density at radius 1 is 1.22 bits per heavy atom. The Morgan fingerprint density at radius 3 is 2.78 bits per heavy atom. The minimum Gasteiger partial charge on any atom is -0.346 e. The Morgan fingerprint density at radius 2 is 2.04 bits per heavy atom. The maximum Gasteiger partial charge on any atom is 0.221 e. The molecule has 0 bridgehead atoms. The summed E-state index contributed by atoms with van der Waals surface area (Å²) in [5.74, 6) is 0.568. The number of hydrogen-bond donors (Lipinski definition) is 2. The fraction of sp³-hybridized carbons (Fsp3) is 0.235. The van der Waals surface area contributed by atoms with Gasteiger partial charge in [0.15, 0.2) is 5.78 Å². The number of H-pyrrole nitrogens is 1. The molecule has 1 atom stereocenters. The third kappa shape index (κ3) is 3.65. The minimum absolute atomic E-state index is 0.00606. The highest BCUT2D eigenvalue weighted by Gasteiger charge is 2.15. The molecule has 1 aromatic carbocycles. The normalized spacial score (nSPS) is 12.2. The van der Waals surface area contributed by atoms with E-state index in [1.54, 1.807) is 6.07 Å². The predicted octanol–water partition coefficient (Wildman–Crippen LogP) is 3.46. The largest absolute Gasteiger partial charge is 0.346 e. The van der Waals surface area contributed by atoms with E-state index in [1.807, 2.05) is 42.6 Å². The number of aromatic nitrogens is 2. The number of aromatic amines is 1. The Bertz CT molecular complexity index is 790. The van der Waals surface area contributed by atoms with Crippen molar-refractivity contribution in [1.29, 1.82) is 0 Å². The minimum atomic E-state index is -0.230. The number of nitrogens with one attached hydrogen (secondary N) is 2. The number of amides is 1. The van der Waals surface area contributed by atoms with Gasteiger partial charge in [0.1, 0.15) is 5.82 Å². The molecule has 0 unspecified atom stereocenters. The Balaban J connectivity index is 1.55. The molecular formula is C17H17N3O2S. The smallest absolute Gasteiger partial charge is 0.221 e. The van der Waals surface area contributed by atoms with Gasteiger partial charge in [-0.25, -0.2) is 4.98 Å². The number of hydrogen-bond acceptors (Lipinski definition) is 4. The van der Waals surface area contributed by atoms with Crippen LogP contribution >= 0.6 is 11.3 Å². The van der Waals surface area contributed by atoms with E-state index in [1.165, 1.54) is 11.3 Å². The highest BCUT2D eigenvalue weighted by Crippen LogP contribution is 2.16. The van der Waals surface area contributed by atoms with Gasteiger partial charge >= 0.3 is 0 Å². The van der Waals surface area contributed by atoms with Gasteiger partial charge in [0.05, 0.1) is 22.0 Å². The molecule has 5 nitrogen and oxygen atoms in total. The van der Waals surface area contributed by atoms with Gasteiger partial charge in [-0.1, -0.05) is 18.2 Å². The number of rotatable bonds is 6. The lowest BCUT2D eigenvalue weighted by molar-refractivity contribution is -0.121. The summed E-state index contributed by atoms with van der Waals surface area (Å²) in [5.41, 5.74) is 1.81. The summed E-state index contributed by atoms with van der Waals surface area (Å²) in [6, 6.07) is 11.1. The number of para-hydroxylation sites is 2. The zero-order chi connectivity index (χ0) is 16.2. The monoisotopic (exact) mass is 327 g/mol. The fourth-order valence-electron chi connectivity index (χ4n) is 2.35. The molecule has 3 rings (SSSR count). The van der Waals surface area contributed by atoms with Crippen LogP contribution in [0.4, 0.5) is 0 Å². The second kappa shape index (κ2) is 6.75. The zero-order valence-corrected chi connectivity index (χ0v) is 13.5. The van der Waals surface area contributed by atoms with Gasteiger partial charge < -0.3 is 10.3 Å². The molecule has 0 fully saturated rings. The van der Waals surface area contributed by atoms with E-state index in [2.05, 4.69) is 15.3 Å². The van der Waals surface area contributed by atoms with Crippen LogP contribution in [0.15, 0.2) is 41.8 Å². The molecule has 0 aliphatic rings. The summed E-state index contributed by atoms with van der Waals surface area (Å²) in [6.45, 7) is 1.87. The number of Topliss-reactive ketones (excluding diaryl/α,β-unsaturated/α-hetero) is 1. The standard InChI is InChI=1S/C17H17N3O2S/c1-11(17-19-12-5-2-3-6-13(12)20-17)18-16(22)9-8-14(21)15-7-4-10-23-15/h2-7,10-11H,8-9H2,1H3,(H,18,22)(H,19,20)/t11-/m1/s1. The number of ketones is 1. The van der Waals surface area contributed by atoms with Gasteiger partial charge in [0, 0.05) is 12.8 Å². The average Bonchev–Trinajstić information content (AvgIpc) is 3.21. The summed E-state index contributed by atoms with van der Waals surface area (Å²) in [5, 5.41) is 4.73. The topological polar surface area (TPSA) is 74.8 Å². The lowest BCUT2D eigenvalue weighted by Crippen LogP contribution is -2.27. The molecule has 2 aromatic heterocycles. The highest BCUT2D eigenvalue weighted by atomic mass is 32.1. The van der Waals surface area contributed by atoms with Gasteiger partial charge in [0.2, 0.25) is 5.91 Å². The number of nitrogens with zero attached hydrogens (tertiary/aromatic N) is 1. The number of benzene rings is 1. The van der Waals surface area contributed by atoms with Crippen molar-refractivity contribution in [2.75, 3.05) is 0 Å². The van der Waals surface area contributed by atoms with E-state index < -0.39 is 0 Å². The van der Waals surface area contributed by atoms with E-state index in [4.69, 9.17) is 0 Å². The van der Waals surface area contributed by atoms with E-state index in [0.717, 1.165) is 11.0 Å². The van der Waals surface area contributed by atoms with Crippen molar-refractivity contribution < 1.29 is 9.59 Å². The van der Waals surface area contributed by atoms with Crippen molar-refractivity contribution in [3.63, 3.8) is 0 Å². The van der Waals surface area contributed by atoms with Crippen molar-refractivity contribution in [3.05, 3.63) is 52.5 Å². The van der Waals surface area contributed by atoms with Gasteiger partial charge in [-0.05, 0) is 30.5 Å². The molecule has 1 amide bonds. The van der Waals surface area contributed by atoms with Crippen LogP contribution in [0.3, 0.4) is 0 Å². The third-order valence-corrected chi connectivity index (χ3v) is 4.48. The molecule has 2 heterocycles. The van der Waals surface area contributed by atoms with E-state index in [0.29, 0.717) is 10.7 Å². The third-order valence-electron chi connectivity index (χ3n) is 3.57. The second-order valence-corrected chi connectivity index (χ2v) is 6.28. The van der Waals surface area contributed by atoms with Crippen molar-refractivity contribution >= 4 is 34.1 Å². The summed E-state index contributed by atoms with van der Waals surface area (Å²) in [7, 11) is 0. The summed E-state index contributed by atoms with van der Waals surface area (Å²) >= 11 is 1.40. The molecule has 23 heavy (non-hydrogen) atoms. The van der Waals surface area contributed by atoms with Crippen LogP contribution in [0.1, 0.15) is 41.3 Å². The number of carbonyl (C=O) groups is 2. The quantitative estimate of drug-likeness (QED) is 0.681. The second-order valence-electron chi connectivity index (χ2n) is 5.33. The van der Waals surface area contributed by atoms with Crippen LogP contribution in [-0.2, 0) is 4.79 Å². The van der Waals surface area contributed by atoms with E-state index in [-0.39, 0.29) is 30.6 Å². The summed E-state index contributed by atoms with van der Waals surface area (Å²) in [4.78, 5) is 32.3. The molecule has 2 N–H and O–H groups in total. The van der Waals surface area contributed by atoms with Gasteiger partial charge in [0.25, 0.3) is 0 Å². The molecule has 0 saturated heterocycles. The Kier molecular flexibility index (Phi) is 4.52. The Hall–Kier alpha value is -2.47. The van der Waals surface area contributed by atoms with Crippen molar-refractivity contribution in [2.45, 2.75) is 25.8 Å².